The molecule has 4 rings (SSSR count). The third-order valence-electron chi connectivity index (χ3n) is 5.28. The van der Waals surface area contributed by atoms with Crippen LogP contribution >= 0.6 is 11.6 Å². The number of nitrogens with one attached hydrogen (secondary N) is 1. The first-order valence-corrected chi connectivity index (χ1v) is 9.65. The number of carboxylic acid groups (broad SMARTS) is 1. The first kappa shape index (κ1) is 20.6. The molecule has 3 aromatic rings. The molecule has 0 aromatic heterocycles. The van der Waals surface area contributed by atoms with E-state index in [9.17, 15) is 18.8 Å². The van der Waals surface area contributed by atoms with Crippen LogP contribution in [0.3, 0.4) is 0 Å². The second-order valence-corrected chi connectivity index (χ2v) is 7.50. The van der Waals surface area contributed by atoms with Crippen molar-refractivity contribution in [3.05, 3.63) is 87.9 Å². The minimum atomic E-state index is -1.23. The van der Waals surface area contributed by atoms with Gasteiger partial charge in [0.15, 0.2) is 17.2 Å². The maximum atomic E-state index is 14.8. The van der Waals surface area contributed by atoms with Crippen molar-refractivity contribution in [3.63, 3.8) is 0 Å². The summed E-state index contributed by atoms with van der Waals surface area (Å²) in [6.45, 7) is -0.0885. The van der Waals surface area contributed by atoms with Gasteiger partial charge in [-0.1, -0.05) is 41.9 Å². The minimum Gasteiger partial charge on any atom is -0.480 e. The third kappa shape index (κ3) is 3.56. The molecule has 1 amide bonds. The second kappa shape index (κ2) is 7.89. The number of amides is 1. The fourth-order valence-corrected chi connectivity index (χ4v) is 4.16. The Bertz CT molecular complexity index is 1230. The van der Waals surface area contributed by atoms with Crippen molar-refractivity contribution in [1.29, 1.82) is 5.26 Å². The molecule has 0 radical (unpaired) electrons. The van der Waals surface area contributed by atoms with Crippen molar-refractivity contribution in [2.24, 2.45) is 0 Å². The van der Waals surface area contributed by atoms with E-state index in [1.54, 1.807) is 30.3 Å². The maximum absolute atomic E-state index is 14.8. The molecule has 0 saturated heterocycles. The number of nitrogens with zero attached hydrogens (tertiary/aromatic N) is 1. The van der Waals surface area contributed by atoms with E-state index >= 15 is 0 Å². The summed E-state index contributed by atoms with van der Waals surface area (Å²) in [7, 11) is 0. The molecule has 0 bridgehead atoms. The number of nitriles is 1. The molecule has 0 spiro atoms. The Hall–Kier alpha value is -3.63. The predicted octanol–water partition coefficient (Wildman–Crippen LogP) is 5.25. The van der Waals surface area contributed by atoms with Gasteiger partial charge in [-0.3, -0.25) is 0 Å². The fourth-order valence-electron chi connectivity index (χ4n) is 3.88. The van der Waals surface area contributed by atoms with Crippen LogP contribution < -0.4 is 10.1 Å². The summed E-state index contributed by atoms with van der Waals surface area (Å²) in [4.78, 5) is 11.2. The predicted molar refractivity (Wildman–Crippen MR) is 110 cm³/mol. The molecule has 0 saturated carbocycles. The summed E-state index contributed by atoms with van der Waals surface area (Å²) in [5.41, 5.74) is -0.136. The highest BCUT2D eigenvalue weighted by molar-refractivity contribution is 6.33. The van der Waals surface area contributed by atoms with Gasteiger partial charge in [-0.25, -0.2) is 13.6 Å². The topological polar surface area (TPSA) is 82.4 Å². The van der Waals surface area contributed by atoms with E-state index in [1.807, 2.05) is 12.1 Å². The zero-order chi connectivity index (χ0) is 22.2. The molecule has 1 heterocycles. The number of rotatable bonds is 4. The molecule has 156 valence electrons. The Morgan fingerprint density at radius 3 is 2.58 bits per heavy atom. The van der Waals surface area contributed by atoms with Crippen LogP contribution in [0.2, 0.25) is 5.02 Å². The van der Waals surface area contributed by atoms with Crippen LogP contribution in [0.15, 0.2) is 54.6 Å². The average Bonchev–Trinajstić information content (AvgIpc) is 3.15. The van der Waals surface area contributed by atoms with Crippen molar-refractivity contribution in [3.8, 4) is 22.9 Å². The lowest BCUT2D eigenvalue weighted by Gasteiger charge is -2.29. The number of hydrogen-bond donors (Lipinski definition) is 2. The second-order valence-electron chi connectivity index (χ2n) is 7.09. The number of halogens is 3. The van der Waals surface area contributed by atoms with E-state index in [1.165, 1.54) is 12.1 Å². The van der Waals surface area contributed by atoms with E-state index in [2.05, 4.69) is 5.32 Å². The number of benzene rings is 3. The monoisotopic (exact) mass is 440 g/mol. The first-order chi connectivity index (χ1) is 14.9. The van der Waals surface area contributed by atoms with Crippen LogP contribution in [0, 0.1) is 23.0 Å². The van der Waals surface area contributed by atoms with E-state index in [4.69, 9.17) is 21.4 Å². The SMILES string of the molecule is N#Cc1ccc(F)c(F)c1-c1c(Cl)ccc2c1C[C@@](CNC(=O)O)(c1ccccc1)O2. The van der Waals surface area contributed by atoms with Crippen molar-refractivity contribution in [1.82, 2.24) is 5.32 Å². The zero-order valence-electron chi connectivity index (χ0n) is 16.0. The van der Waals surface area contributed by atoms with Crippen LogP contribution in [0.4, 0.5) is 13.6 Å². The Morgan fingerprint density at radius 2 is 1.90 bits per heavy atom. The lowest BCUT2D eigenvalue weighted by molar-refractivity contribution is 0.0898. The smallest absolute Gasteiger partial charge is 0.404 e. The Balaban J connectivity index is 1.92. The molecule has 2 N–H and O–H groups in total. The van der Waals surface area contributed by atoms with Crippen LogP contribution in [0.25, 0.3) is 11.1 Å². The zero-order valence-corrected chi connectivity index (χ0v) is 16.7. The van der Waals surface area contributed by atoms with Gasteiger partial charge >= 0.3 is 6.09 Å². The Kier molecular flexibility index (Phi) is 5.25. The molecule has 3 aromatic carbocycles. The van der Waals surface area contributed by atoms with Gasteiger partial charge in [0.25, 0.3) is 0 Å². The molecule has 31 heavy (non-hydrogen) atoms. The molecule has 1 aliphatic rings. The number of ether oxygens (including phenoxy) is 1. The van der Waals surface area contributed by atoms with E-state index in [0.29, 0.717) is 16.9 Å². The quantitative estimate of drug-likeness (QED) is 0.580. The van der Waals surface area contributed by atoms with E-state index in [-0.39, 0.29) is 34.7 Å². The molecular formula is C23H15ClF2N2O3. The standard InChI is InChI=1S/C23H15ClF2N2O3/c24-16-7-9-18-15(20(16)19-13(11-27)6-8-17(25)21(19)26)10-23(31-18,12-28-22(29)30)14-4-2-1-3-5-14/h1-9,28H,10,12H2,(H,29,30)/t23-/m1/s1. The molecule has 0 unspecified atom stereocenters. The fraction of sp³-hybridized carbons (Fsp3) is 0.130. The van der Waals surface area contributed by atoms with E-state index < -0.39 is 23.3 Å². The van der Waals surface area contributed by atoms with Crippen molar-refractivity contribution in [2.75, 3.05) is 6.54 Å². The summed E-state index contributed by atoms with van der Waals surface area (Å²) >= 11 is 6.40. The largest absolute Gasteiger partial charge is 0.480 e. The lowest BCUT2D eigenvalue weighted by Crippen LogP contribution is -2.43. The lowest BCUT2D eigenvalue weighted by atomic mass is 9.85. The summed E-state index contributed by atoms with van der Waals surface area (Å²) < 4.78 is 35.1. The Morgan fingerprint density at radius 1 is 1.16 bits per heavy atom. The maximum Gasteiger partial charge on any atom is 0.404 e. The first-order valence-electron chi connectivity index (χ1n) is 9.27. The van der Waals surface area contributed by atoms with Gasteiger partial charge in [0.05, 0.1) is 18.2 Å². The highest BCUT2D eigenvalue weighted by Gasteiger charge is 2.43. The van der Waals surface area contributed by atoms with Crippen LogP contribution in [0.1, 0.15) is 16.7 Å². The third-order valence-corrected chi connectivity index (χ3v) is 5.59. The highest BCUT2D eigenvalue weighted by Crippen LogP contribution is 2.49. The minimum absolute atomic E-state index is 0.0740. The summed E-state index contributed by atoms with van der Waals surface area (Å²) in [6, 6.07) is 16.0. The number of hydrogen-bond acceptors (Lipinski definition) is 3. The van der Waals surface area contributed by atoms with Gasteiger partial charge in [0, 0.05) is 28.1 Å². The summed E-state index contributed by atoms with van der Waals surface area (Å²) in [5, 5.41) is 21.1. The van der Waals surface area contributed by atoms with Crippen LogP contribution in [-0.2, 0) is 12.0 Å². The summed E-state index contributed by atoms with van der Waals surface area (Å²) in [6.07, 6.45) is -1.10. The van der Waals surface area contributed by atoms with E-state index in [0.717, 1.165) is 6.07 Å². The molecule has 8 heteroatoms. The van der Waals surface area contributed by atoms with Gasteiger partial charge in [-0.05, 0) is 29.8 Å². The number of carbonyl (C=O) groups is 1. The van der Waals surface area contributed by atoms with Gasteiger partial charge in [0.2, 0.25) is 0 Å². The molecular weight excluding hydrogens is 426 g/mol. The van der Waals surface area contributed by atoms with Crippen molar-refractivity contribution in [2.45, 2.75) is 12.0 Å². The molecule has 1 aliphatic heterocycles. The Labute approximate surface area is 181 Å². The molecule has 1 atom stereocenters. The molecule has 5 nitrogen and oxygen atoms in total. The normalized spacial score (nSPS) is 16.8. The number of fused-ring (bicyclic) bond motifs is 1. The van der Waals surface area contributed by atoms with Gasteiger partial charge in [-0.2, -0.15) is 5.26 Å². The highest BCUT2D eigenvalue weighted by atomic mass is 35.5. The van der Waals surface area contributed by atoms with Crippen LogP contribution in [-0.4, -0.2) is 17.7 Å². The van der Waals surface area contributed by atoms with Crippen molar-refractivity contribution < 1.29 is 23.4 Å². The summed E-state index contributed by atoms with van der Waals surface area (Å²) in [5.74, 6) is -1.94. The van der Waals surface area contributed by atoms with Gasteiger partial charge < -0.3 is 15.2 Å². The van der Waals surface area contributed by atoms with Gasteiger partial charge in [-0.15, -0.1) is 0 Å². The molecule has 0 fully saturated rings. The van der Waals surface area contributed by atoms with Crippen LogP contribution in [0.5, 0.6) is 5.75 Å². The van der Waals surface area contributed by atoms with Crippen molar-refractivity contribution >= 4 is 17.7 Å². The van der Waals surface area contributed by atoms with Gasteiger partial charge in [0.1, 0.15) is 5.75 Å². The molecule has 0 aliphatic carbocycles. The average molecular weight is 441 g/mol.